The van der Waals surface area contributed by atoms with Crippen molar-refractivity contribution in [3.8, 4) is 0 Å². The van der Waals surface area contributed by atoms with Crippen LogP contribution in [0, 0.1) is 6.08 Å². The monoisotopic (exact) mass is 220 g/mol. The van der Waals surface area contributed by atoms with Crippen LogP contribution < -0.4 is 24.8 Å². The predicted molar refractivity (Wildman–Crippen MR) is 32.0 cm³/mol. The van der Waals surface area contributed by atoms with E-state index in [0.29, 0.717) is 0 Å². The molecule has 0 aromatic rings. The summed E-state index contributed by atoms with van der Waals surface area (Å²) in [4.78, 5) is 0. The second-order valence-corrected chi connectivity index (χ2v) is 1.65. The van der Waals surface area contributed by atoms with Crippen molar-refractivity contribution in [2.75, 3.05) is 0 Å². The Balaban J connectivity index is -0.000000120. The van der Waals surface area contributed by atoms with Gasteiger partial charge in [0.15, 0.2) is 0 Å². The van der Waals surface area contributed by atoms with E-state index in [1.165, 1.54) is 25.7 Å². The molecule has 0 heterocycles. The van der Waals surface area contributed by atoms with Crippen LogP contribution in [0.1, 0.15) is 25.7 Å². The molecule has 0 saturated carbocycles. The fourth-order valence-electron chi connectivity index (χ4n) is 0.678. The fourth-order valence-corrected chi connectivity index (χ4v) is 0.678. The third kappa shape index (κ3) is 8.96. The Morgan fingerprint density at radius 1 is 1.11 bits per heavy atom. The first kappa shape index (κ1) is 16.5. The van der Waals surface area contributed by atoms with Crippen LogP contribution in [0.25, 0.3) is 0 Å². The van der Waals surface area contributed by atoms with Crippen molar-refractivity contribution in [3.63, 3.8) is 0 Å². The van der Waals surface area contributed by atoms with Crippen molar-refractivity contribution in [3.05, 3.63) is 12.2 Å². The molecule has 1 rings (SSSR count). The Morgan fingerprint density at radius 3 is 1.89 bits per heavy atom. The van der Waals surface area contributed by atoms with Gasteiger partial charge in [0.25, 0.3) is 0 Å². The van der Waals surface area contributed by atoms with Gasteiger partial charge >= 0.3 is 0 Å². The van der Waals surface area contributed by atoms with Crippen molar-refractivity contribution in [2.45, 2.75) is 25.7 Å². The van der Waals surface area contributed by atoms with Crippen LogP contribution in [-0.4, -0.2) is 19.8 Å². The molecule has 0 aromatic carbocycles. The second-order valence-electron chi connectivity index (χ2n) is 1.65. The minimum absolute atomic E-state index is 0. The normalized spacial score (nSPS) is 14.2. The molecule has 0 nitrogen and oxygen atoms in total. The Morgan fingerprint density at radius 2 is 1.78 bits per heavy atom. The molecule has 0 N–H and O–H groups in total. The Bertz CT molecular complexity index is 56.1. The van der Waals surface area contributed by atoms with Gasteiger partial charge < -0.3 is 24.8 Å². The third-order valence-corrected chi connectivity index (χ3v) is 1.06. The average Bonchev–Trinajstić information content (AvgIpc) is 1.72. The molecule has 9 heavy (non-hydrogen) atoms. The summed E-state index contributed by atoms with van der Waals surface area (Å²) in [5.41, 5.74) is 0. The van der Waals surface area contributed by atoms with Gasteiger partial charge in [0.1, 0.15) is 0 Å². The van der Waals surface area contributed by atoms with E-state index in [1.54, 1.807) is 0 Å². The molecule has 1 aliphatic rings. The van der Waals surface area contributed by atoms with Gasteiger partial charge in [-0.15, -0.1) is 0 Å². The van der Waals surface area contributed by atoms with E-state index in [4.69, 9.17) is 0 Å². The molecule has 0 aliphatic heterocycles. The number of hydrogen-bond acceptors (Lipinski definition) is 0. The van der Waals surface area contributed by atoms with Gasteiger partial charge in [0.2, 0.25) is 0 Å². The molecule has 4 radical (unpaired) electrons. The molecule has 0 unspecified atom stereocenters. The van der Waals surface area contributed by atoms with E-state index >= 15 is 0 Å². The summed E-state index contributed by atoms with van der Waals surface area (Å²) in [5.74, 6) is 0. The minimum atomic E-state index is 0. The molecule has 3 heteroatoms. The van der Waals surface area contributed by atoms with Crippen LogP contribution in [-0.2, 0) is 0 Å². The van der Waals surface area contributed by atoms with Crippen LogP contribution >= 0.6 is 0 Å². The van der Waals surface area contributed by atoms with Crippen molar-refractivity contribution in [1.29, 1.82) is 0 Å². The summed E-state index contributed by atoms with van der Waals surface area (Å²) >= 11 is 0. The second kappa shape index (κ2) is 11.7. The molecule has 0 bridgehead atoms. The summed E-state index contributed by atoms with van der Waals surface area (Å²) < 4.78 is 0. The van der Waals surface area contributed by atoms with Crippen molar-refractivity contribution in [2.24, 2.45) is 0 Å². The number of hydrogen-bond donors (Lipinski definition) is 0. The summed E-state index contributed by atoms with van der Waals surface area (Å²) in [6, 6.07) is 0. The van der Waals surface area contributed by atoms with E-state index in [2.05, 4.69) is 12.2 Å². The summed E-state index contributed by atoms with van der Waals surface area (Å²) in [5, 5.41) is 0. The van der Waals surface area contributed by atoms with Gasteiger partial charge in [-0.05, 0) is 31.8 Å². The van der Waals surface area contributed by atoms with Crippen LogP contribution in [0.4, 0.5) is 0 Å². The largest absolute Gasteiger partial charge is 1.00 e. The zero-order chi connectivity index (χ0) is 4.24. The Kier molecular flexibility index (Phi) is 21.5. The molecular weight excluding hydrogens is 213 g/mol. The number of halogens is 2. The van der Waals surface area contributed by atoms with Crippen molar-refractivity contribution in [1.82, 2.24) is 0 Å². The first-order chi connectivity index (χ1) is 3.00. The zero-order valence-electron chi connectivity index (χ0n) is 5.24. The average molecular weight is 222 g/mol. The van der Waals surface area contributed by atoms with Crippen LogP contribution in [0.5, 0.6) is 0 Å². The van der Waals surface area contributed by atoms with Crippen molar-refractivity contribution < 1.29 is 24.8 Å². The van der Waals surface area contributed by atoms with Gasteiger partial charge in [-0.1, -0.05) is 6.08 Å². The van der Waals surface area contributed by atoms with Crippen LogP contribution in [0.15, 0.2) is 6.08 Å². The maximum Gasteiger partial charge on any atom is 0 e. The Hall–Kier alpha value is 0.956. The SMILES string of the molecule is [C]1=CCCCC1.[Cl-].[Cl-].[Ga]. The van der Waals surface area contributed by atoms with Crippen molar-refractivity contribution >= 4 is 19.8 Å². The minimum Gasteiger partial charge on any atom is -1.00 e. The van der Waals surface area contributed by atoms with E-state index in [0.717, 1.165) is 0 Å². The first-order valence-corrected chi connectivity index (χ1v) is 2.55. The zero-order valence-corrected chi connectivity index (χ0v) is 9.17. The molecule has 0 spiro atoms. The van der Waals surface area contributed by atoms with Gasteiger partial charge in [0.05, 0.1) is 0 Å². The molecule has 0 aromatic heterocycles. The first-order valence-electron chi connectivity index (χ1n) is 2.55. The maximum atomic E-state index is 3.16. The summed E-state index contributed by atoms with van der Waals surface area (Å²) in [6.07, 6.45) is 10.5. The predicted octanol–water partition coefficient (Wildman–Crippen LogP) is -4.45. The third-order valence-electron chi connectivity index (χ3n) is 1.06. The van der Waals surface area contributed by atoms with Gasteiger partial charge in [-0.2, -0.15) is 0 Å². The molecule has 52 valence electrons. The van der Waals surface area contributed by atoms with Crippen LogP contribution in [0.3, 0.4) is 0 Å². The van der Waals surface area contributed by atoms with Gasteiger partial charge in [-0.25, -0.2) is 0 Å². The molecule has 0 atom stereocenters. The van der Waals surface area contributed by atoms with E-state index in [-0.39, 0.29) is 44.6 Å². The topological polar surface area (TPSA) is 0 Å². The summed E-state index contributed by atoms with van der Waals surface area (Å²) in [6.45, 7) is 0. The molecule has 0 fully saturated rings. The quantitative estimate of drug-likeness (QED) is 0.362. The molecule has 0 amide bonds. The smallest absolute Gasteiger partial charge is 0 e. The van der Waals surface area contributed by atoms with Gasteiger partial charge in [-0.3, -0.25) is 0 Å². The maximum absolute atomic E-state index is 3.16. The fraction of sp³-hybridized carbons (Fsp3) is 0.667. The summed E-state index contributed by atoms with van der Waals surface area (Å²) in [7, 11) is 0. The molecular formula is C6H9Cl2Ga-2. The van der Waals surface area contributed by atoms with Crippen LogP contribution in [0.2, 0.25) is 0 Å². The number of allylic oxidation sites excluding steroid dienone is 2. The number of rotatable bonds is 0. The molecule has 1 aliphatic carbocycles. The Labute approximate surface area is 82.4 Å². The van der Waals surface area contributed by atoms with E-state index in [9.17, 15) is 0 Å². The van der Waals surface area contributed by atoms with E-state index in [1.807, 2.05) is 0 Å². The van der Waals surface area contributed by atoms with Gasteiger partial charge in [0, 0.05) is 19.8 Å². The van der Waals surface area contributed by atoms with E-state index < -0.39 is 0 Å². The standard InChI is InChI=1S/C6H9.2ClH.Ga/c1-2-4-6-5-3-1;;;/h1H,2,4-6H2;2*1H;/p-2. The molecule has 0 saturated heterocycles.